The Morgan fingerprint density at radius 3 is 2.79 bits per heavy atom. The number of nitrogen functional groups attached to an aromatic ring is 1. The summed E-state index contributed by atoms with van der Waals surface area (Å²) in [5.74, 6) is 0.560. The molecule has 0 aliphatic carbocycles. The van der Waals surface area contributed by atoms with Crippen LogP contribution in [0.3, 0.4) is 0 Å². The zero-order valence-corrected chi connectivity index (χ0v) is 15.9. The molecule has 2 fully saturated rings. The molecule has 0 bridgehead atoms. The van der Waals surface area contributed by atoms with Crippen molar-refractivity contribution in [3.63, 3.8) is 0 Å². The molecular formula is C21H25N5O2. The minimum Gasteiger partial charge on any atom is -0.384 e. The van der Waals surface area contributed by atoms with Gasteiger partial charge in [0.15, 0.2) is 0 Å². The summed E-state index contributed by atoms with van der Waals surface area (Å²) < 4.78 is 0. The van der Waals surface area contributed by atoms with Crippen LogP contribution >= 0.6 is 0 Å². The average Bonchev–Trinajstić information content (AvgIpc) is 2.72. The summed E-state index contributed by atoms with van der Waals surface area (Å²) in [5, 5.41) is 0. The largest absolute Gasteiger partial charge is 0.384 e. The SMILES string of the molecule is Nc1ccc(C(=O)N2CCC[C@]3(CCC(=O)N(Cc4ccccn4)C3)C2)cn1. The molecule has 7 heteroatoms. The quantitative estimate of drug-likeness (QED) is 0.882. The van der Waals surface area contributed by atoms with Crippen molar-refractivity contribution in [2.75, 3.05) is 25.4 Å². The summed E-state index contributed by atoms with van der Waals surface area (Å²) in [4.78, 5) is 37.6. The van der Waals surface area contributed by atoms with Gasteiger partial charge in [-0.15, -0.1) is 0 Å². The minimum absolute atomic E-state index is 0.0141. The lowest BCUT2D eigenvalue weighted by Crippen LogP contribution is -2.54. The molecule has 2 N–H and O–H groups in total. The number of piperidine rings is 2. The average molecular weight is 379 g/mol. The number of rotatable bonds is 3. The third-order valence-electron chi connectivity index (χ3n) is 5.81. The van der Waals surface area contributed by atoms with Crippen molar-refractivity contribution < 1.29 is 9.59 Å². The maximum absolute atomic E-state index is 12.9. The Bertz CT molecular complexity index is 855. The van der Waals surface area contributed by atoms with E-state index in [1.54, 1.807) is 18.3 Å². The molecule has 0 aromatic carbocycles. The van der Waals surface area contributed by atoms with Crippen LogP contribution < -0.4 is 5.73 Å². The number of hydrogen-bond acceptors (Lipinski definition) is 5. The molecule has 2 aliphatic rings. The van der Waals surface area contributed by atoms with Crippen molar-refractivity contribution in [2.24, 2.45) is 5.41 Å². The smallest absolute Gasteiger partial charge is 0.255 e. The number of pyridine rings is 2. The van der Waals surface area contributed by atoms with Crippen molar-refractivity contribution in [1.29, 1.82) is 0 Å². The topological polar surface area (TPSA) is 92.4 Å². The van der Waals surface area contributed by atoms with Crippen LogP contribution in [-0.2, 0) is 11.3 Å². The van der Waals surface area contributed by atoms with Crippen molar-refractivity contribution in [1.82, 2.24) is 19.8 Å². The molecule has 2 amide bonds. The van der Waals surface area contributed by atoms with E-state index in [1.807, 2.05) is 28.0 Å². The molecule has 0 radical (unpaired) electrons. The summed E-state index contributed by atoms with van der Waals surface area (Å²) in [7, 11) is 0. The van der Waals surface area contributed by atoms with E-state index in [4.69, 9.17) is 5.73 Å². The fraction of sp³-hybridized carbons (Fsp3) is 0.429. The van der Waals surface area contributed by atoms with E-state index in [1.165, 1.54) is 6.20 Å². The Hall–Kier alpha value is -2.96. The molecule has 2 aromatic heterocycles. The summed E-state index contributed by atoms with van der Waals surface area (Å²) in [6.07, 6.45) is 6.62. The molecular weight excluding hydrogens is 354 g/mol. The first-order valence-corrected chi connectivity index (χ1v) is 9.73. The van der Waals surface area contributed by atoms with Gasteiger partial charge in [-0.2, -0.15) is 0 Å². The lowest BCUT2D eigenvalue weighted by Gasteiger charge is -2.48. The second-order valence-corrected chi connectivity index (χ2v) is 7.87. The highest BCUT2D eigenvalue weighted by atomic mass is 16.2. The summed E-state index contributed by atoms with van der Waals surface area (Å²) in [5.41, 5.74) is 7.04. The molecule has 7 nitrogen and oxygen atoms in total. The van der Waals surface area contributed by atoms with E-state index < -0.39 is 0 Å². The molecule has 1 spiro atoms. The van der Waals surface area contributed by atoms with Gasteiger partial charge in [0.05, 0.1) is 17.8 Å². The summed E-state index contributed by atoms with van der Waals surface area (Å²) >= 11 is 0. The first-order chi connectivity index (χ1) is 13.5. The van der Waals surface area contributed by atoms with Crippen LogP contribution in [-0.4, -0.2) is 51.2 Å². The van der Waals surface area contributed by atoms with Gasteiger partial charge in [-0.25, -0.2) is 4.98 Å². The van der Waals surface area contributed by atoms with Crippen LogP contribution in [0.5, 0.6) is 0 Å². The molecule has 1 atom stereocenters. The highest BCUT2D eigenvalue weighted by molar-refractivity contribution is 5.94. The number of carbonyl (C=O) groups excluding carboxylic acids is 2. The highest BCUT2D eigenvalue weighted by Crippen LogP contribution is 2.39. The summed E-state index contributed by atoms with van der Waals surface area (Å²) in [6.45, 7) is 2.60. The monoisotopic (exact) mass is 379 g/mol. The standard InChI is InChI=1S/C21H25N5O2/c22-18-6-5-16(12-24-18)20(28)25-11-3-8-21(14-25)9-7-19(27)26(15-21)13-17-4-1-2-10-23-17/h1-2,4-6,10,12H,3,7-9,11,13-15H2,(H2,22,24)/t21-/m0/s1. The second kappa shape index (κ2) is 7.58. The Morgan fingerprint density at radius 2 is 2.04 bits per heavy atom. The zero-order valence-electron chi connectivity index (χ0n) is 15.9. The van der Waals surface area contributed by atoms with Crippen LogP contribution in [0, 0.1) is 5.41 Å². The lowest BCUT2D eigenvalue weighted by atomic mass is 9.73. The maximum Gasteiger partial charge on any atom is 0.255 e. The van der Waals surface area contributed by atoms with Crippen molar-refractivity contribution in [2.45, 2.75) is 32.2 Å². The van der Waals surface area contributed by atoms with Crippen molar-refractivity contribution in [3.8, 4) is 0 Å². The molecule has 0 saturated carbocycles. The van der Waals surface area contributed by atoms with E-state index in [0.29, 0.717) is 37.4 Å². The van der Waals surface area contributed by atoms with E-state index in [9.17, 15) is 9.59 Å². The van der Waals surface area contributed by atoms with Gasteiger partial charge in [-0.3, -0.25) is 14.6 Å². The third-order valence-corrected chi connectivity index (χ3v) is 5.81. The molecule has 146 valence electrons. The highest BCUT2D eigenvalue weighted by Gasteiger charge is 2.42. The number of hydrogen-bond donors (Lipinski definition) is 1. The molecule has 4 rings (SSSR count). The fourth-order valence-corrected chi connectivity index (χ4v) is 4.36. The van der Waals surface area contributed by atoms with Crippen molar-refractivity contribution >= 4 is 17.6 Å². The molecule has 4 heterocycles. The number of anilines is 1. The molecule has 2 aromatic rings. The molecule has 28 heavy (non-hydrogen) atoms. The zero-order chi connectivity index (χ0) is 19.6. The van der Waals surface area contributed by atoms with E-state index >= 15 is 0 Å². The van der Waals surface area contributed by atoms with E-state index in [-0.39, 0.29) is 17.2 Å². The number of likely N-dealkylation sites (tertiary alicyclic amines) is 2. The van der Waals surface area contributed by atoms with Gasteiger partial charge in [0.2, 0.25) is 5.91 Å². The number of nitrogens with zero attached hydrogens (tertiary/aromatic N) is 4. The van der Waals surface area contributed by atoms with Gasteiger partial charge in [-0.05, 0) is 43.5 Å². The van der Waals surface area contributed by atoms with Crippen LogP contribution in [0.4, 0.5) is 5.82 Å². The third kappa shape index (κ3) is 3.83. The number of carbonyl (C=O) groups is 2. The Labute approximate surface area is 164 Å². The Morgan fingerprint density at radius 1 is 1.14 bits per heavy atom. The van der Waals surface area contributed by atoms with Gasteiger partial charge in [-0.1, -0.05) is 6.07 Å². The van der Waals surface area contributed by atoms with Crippen LogP contribution in [0.15, 0.2) is 42.7 Å². The maximum atomic E-state index is 12.9. The predicted molar refractivity (Wildman–Crippen MR) is 105 cm³/mol. The normalized spacial score (nSPS) is 22.5. The first-order valence-electron chi connectivity index (χ1n) is 9.73. The van der Waals surface area contributed by atoms with Gasteiger partial charge in [0.25, 0.3) is 5.91 Å². The minimum atomic E-state index is -0.0438. The van der Waals surface area contributed by atoms with Crippen LogP contribution in [0.25, 0.3) is 0 Å². The van der Waals surface area contributed by atoms with E-state index in [2.05, 4.69) is 9.97 Å². The van der Waals surface area contributed by atoms with Crippen molar-refractivity contribution in [3.05, 3.63) is 54.0 Å². The summed E-state index contributed by atoms with van der Waals surface area (Å²) in [6, 6.07) is 9.14. The van der Waals surface area contributed by atoms with Crippen LogP contribution in [0.2, 0.25) is 0 Å². The second-order valence-electron chi connectivity index (χ2n) is 7.87. The Balaban J connectivity index is 1.48. The van der Waals surface area contributed by atoms with Gasteiger partial charge < -0.3 is 15.5 Å². The van der Waals surface area contributed by atoms with Gasteiger partial charge in [0.1, 0.15) is 5.82 Å². The predicted octanol–water partition coefficient (Wildman–Crippen LogP) is 2.10. The molecule has 2 saturated heterocycles. The first kappa shape index (κ1) is 18.4. The number of amides is 2. The molecule has 2 aliphatic heterocycles. The number of nitrogens with two attached hydrogens (primary N) is 1. The van der Waals surface area contributed by atoms with Crippen LogP contribution in [0.1, 0.15) is 41.7 Å². The lowest BCUT2D eigenvalue weighted by molar-refractivity contribution is -0.139. The van der Waals surface area contributed by atoms with Gasteiger partial charge in [0, 0.05) is 43.9 Å². The van der Waals surface area contributed by atoms with E-state index in [0.717, 1.165) is 31.5 Å². The Kier molecular flexibility index (Phi) is 4.98. The fourth-order valence-electron chi connectivity index (χ4n) is 4.36. The molecule has 0 unspecified atom stereocenters. The van der Waals surface area contributed by atoms with Gasteiger partial charge >= 0.3 is 0 Å². The number of aromatic nitrogens is 2.